The number of ketones is 1. The van der Waals surface area contributed by atoms with Gasteiger partial charge in [0.25, 0.3) is 5.91 Å². The lowest BCUT2D eigenvalue weighted by atomic mass is 9.94. The molecular weight excluding hydrogens is 426 g/mol. The summed E-state index contributed by atoms with van der Waals surface area (Å²) in [5.41, 5.74) is 1.48. The summed E-state index contributed by atoms with van der Waals surface area (Å²) in [6, 6.07) is 14.7. The Morgan fingerprint density at radius 2 is 1.73 bits per heavy atom. The van der Waals surface area contributed by atoms with Crippen LogP contribution in [0.2, 0.25) is 0 Å². The van der Waals surface area contributed by atoms with Crippen LogP contribution in [-0.2, 0) is 16.1 Å². The number of aromatic hydroxyl groups is 1. The number of amides is 1. The number of rotatable bonds is 7. The van der Waals surface area contributed by atoms with Crippen LogP contribution in [0.3, 0.4) is 0 Å². The molecule has 2 heterocycles. The van der Waals surface area contributed by atoms with Crippen LogP contribution in [0, 0.1) is 0 Å². The Hall–Kier alpha value is -4.33. The van der Waals surface area contributed by atoms with Crippen molar-refractivity contribution in [2.75, 3.05) is 6.61 Å². The fourth-order valence-electron chi connectivity index (χ4n) is 3.75. The summed E-state index contributed by atoms with van der Waals surface area (Å²) in [6.45, 7) is 2.04. The first-order valence-corrected chi connectivity index (χ1v) is 10.3. The molecule has 3 aromatic rings. The van der Waals surface area contributed by atoms with Gasteiger partial charge < -0.3 is 24.3 Å². The number of aliphatic hydroxyl groups excluding tert-OH is 1. The van der Waals surface area contributed by atoms with Gasteiger partial charge in [0.2, 0.25) is 5.78 Å². The average molecular weight is 447 g/mol. The van der Waals surface area contributed by atoms with E-state index in [9.17, 15) is 24.6 Å². The molecule has 2 aromatic carbocycles. The second-order valence-electron chi connectivity index (χ2n) is 7.41. The van der Waals surface area contributed by atoms with Crippen molar-refractivity contribution >= 4 is 17.7 Å². The summed E-state index contributed by atoms with van der Waals surface area (Å²) in [4.78, 5) is 39.4. The number of hydrogen-bond acceptors (Lipinski definition) is 7. The molecule has 8 heteroatoms. The second-order valence-corrected chi connectivity index (χ2v) is 7.41. The van der Waals surface area contributed by atoms with Gasteiger partial charge in [0.1, 0.15) is 5.75 Å². The monoisotopic (exact) mass is 447 g/mol. The van der Waals surface area contributed by atoms with Gasteiger partial charge >= 0.3 is 5.97 Å². The number of furan rings is 1. The lowest BCUT2D eigenvalue weighted by Crippen LogP contribution is -2.30. The number of phenolic OH excluding ortho intramolecular Hbond substituents is 1. The minimum absolute atomic E-state index is 0.00577. The minimum atomic E-state index is -0.902. The van der Waals surface area contributed by atoms with Crippen molar-refractivity contribution in [3.63, 3.8) is 0 Å². The SMILES string of the molecule is CCOC(=O)c1ccc(CN2C(=O)C(O)=C(C(=O)c3ccco3)C2c2ccc(O)cc2)cc1. The average Bonchev–Trinajstić information content (AvgIpc) is 3.43. The molecule has 1 unspecified atom stereocenters. The number of ether oxygens (including phenoxy) is 1. The Morgan fingerprint density at radius 1 is 1.03 bits per heavy atom. The molecule has 0 radical (unpaired) electrons. The zero-order chi connectivity index (χ0) is 23.5. The number of carbonyl (C=O) groups is 3. The quantitative estimate of drug-likeness (QED) is 0.416. The Kier molecular flexibility index (Phi) is 5.99. The lowest BCUT2D eigenvalue weighted by Gasteiger charge is -2.27. The fourth-order valence-corrected chi connectivity index (χ4v) is 3.75. The molecule has 4 rings (SSSR count). The molecular formula is C25H21NO7. The summed E-state index contributed by atoms with van der Waals surface area (Å²) >= 11 is 0. The van der Waals surface area contributed by atoms with E-state index in [0.29, 0.717) is 16.7 Å². The van der Waals surface area contributed by atoms with Gasteiger partial charge in [-0.2, -0.15) is 0 Å². The highest BCUT2D eigenvalue weighted by molar-refractivity contribution is 6.15. The first-order valence-electron chi connectivity index (χ1n) is 10.3. The molecule has 168 valence electrons. The molecule has 0 spiro atoms. The van der Waals surface area contributed by atoms with E-state index < -0.39 is 29.5 Å². The van der Waals surface area contributed by atoms with E-state index in [1.807, 2.05) is 0 Å². The first kappa shape index (κ1) is 21.9. The Labute approximate surface area is 189 Å². The van der Waals surface area contributed by atoms with Crippen LogP contribution in [0.5, 0.6) is 5.75 Å². The molecule has 0 aliphatic carbocycles. The zero-order valence-corrected chi connectivity index (χ0v) is 17.7. The first-order chi connectivity index (χ1) is 15.9. The standard InChI is InChI=1S/C25H21NO7/c1-2-32-25(31)17-7-5-15(6-8-17)14-26-21(16-9-11-18(27)12-10-16)20(23(29)24(26)30)22(28)19-4-3-13-33-19/h3-13,21,27,29H,2,14H2,1H3. The smallest absolute Gasteiger partial charge is 0.338 e. The van der Waals surface area contributed by atoms with Gasteiger partial charge in [0.05, 0.1) is 30.0 Å². The van der Waals surface area contributed by atoms with E-state index in [0.717, 1.165) is 0 Å². The third kappa shape index (κ3) is 4.23. The molecule has 1 aromatic heterocycles. The summed E-state index contributed by atoms with van der Waals surface area (Å²) in [5.74, 6) is -2.40. The third-order valence-corrected chi connectivity index (χ3v) is 5.32. The minimum Gasteiger partial charge on any atom is -0.508 e. The molecule has 33 heavy (non-hydrogen) atoms. The molecule has 0 saturated heterocycles. The molecule has 1 atom stereocenters. The van der Waals surface area contributed by atoms with E-state index in [-0.39, 0.29) is 30.2 Å². The van der Waals surface area contributed by atoms with Gasteiger partial charge in [0, 0.05) is 6.54 Å². The van der Waals surface area contributed by atoms with Gasteiger partial charge in [-0.1, -0.05) is 24.3 Å². The second kappa shape index (κ2) is 9.04. The molecule has 8 nitrogen and oxygen atoms in total. The third-order valence-electron chi connectivity index (χ3n) is 5.32. The largest absolute Gasteiger partial charge is 0.508 e. The van der Waals surface area contributed by atoms with Gasteiger partial charge in [-0.3, -0.25) is 9.59 Å². The number of carbonyl (C=O) groups excluding carboxylic acids is 3. The van der Waals surface area contributed by atoms with Gasteiger partial charge in [-0.15, -0.1) is 0 Å². The van der Waals surface area contributed by atoms with E-state index in [4.69, 9.17) is 9.15 Å². The maximum atomic E-state index is 13.1. The molecule has 0 fully saturated rings. The number of phenols is 1. The van der Waals surface area contributed by atoms with Crippen LogP contribution in [0.1, 0.15) is 45.0 Å². The number of hydrogen-bond donors (Lipinski definition) is 2. The molecule has 1 amide bonds. The fraction of sp³-hybridized carbons (Fsp3) is 0.160. The van der Waals surface area contributed by atoms with Crippen molar-refractivity contribution in [3.05, 3.63) is 101 Å². The van der Waals surface area contributed by atoms with Crippen molar-refractivity contribution in [1.29, 1.82) is 0 Å². The highest BCUT2D eigenvalue weighted by atomic mass is 16.5. The van der Waals surface area contributed by atoms with E-state index >= 15 is 0 Å². The number of esters is 1. The van der Waals surface area contributed by atoms with Crippen LogP contribution in [0.15, 0.2) is 82.7 Å². The molecule has 0 bridgehead atoms. The maximum Gasteiger partial charge on any atom is 0.338 e. The molecule has 2 N–H and O–H groups in total. The summed E-state index contributed by atoms with van der Waals surface area (Å²) in [6.07, 6.45) is 1.33. The molecule has 1 aliphatic heterocycles. The van der Waals surface area contributed by atoms with Crippen molar-refractivity contribution in [2.45, 2.75) is 19.5 Å². The van der Waals surface area contributed by atoms with Crippen molar-refractivity contribution in [3.8, 4) is 5.75 Å². The molecule has 0 saturated carbocycles. The zero-order valence-electron chi connectivity index (χ0n) is 17.7. The van der Waals surface area contributed by atoms with Crippen LogP contribution < -0.4 is 0 Å². The maximum absolute atomic E-state index is 13.1. The summed E-state index contributed by atoms with van der Waals surface area (Å²) in [5, 5.41) is 20.3. The number of Topliss-reactive ketones (excluding diaryl/α,β-unsaturated/α-hetero) is 1. The van der Waals surface area contributed by atoms with Crippen LogP contribution in [-0.4, -0.2) is 39.4 Å². The lowest BCUT2D eigenvalue weighted by molar-refractivity contribution is -0.130. The number of benzene rings is 2. The number of nitrogens with zero attached hydrogens (tertiary/aromatic N) is 1. The van der Waals surface area contributed by atoms with Crippen molar-refractivity contribution < 1.29 is 33.8 Å². The van der Waals surface area contributed by atoms with E-state index in [2.05, 4.69) is 0 Å². The summed E-state index contributed by atoms with van der Waals surface area (Å²) in [7, 11) is 0. The highest BCUT2D eigenvalue weighted by Gasteiger charge is 2.44. The predicted octanol–water partition coefficient (Wildman–Crippen LogP) is 3.94. The van der Waals surface area contributed by atoms with Crippen LogP contribution >= 0.6 is 0 Å². The van der Waals surface area contributed by atoms with Crippen molar-refractivity contribution in [2.24, 2.45) is 0 Å². The van der Waals surface area contributed by atoms with Crippen molar-refractivity contribution in [1.82, 2.24) is 4.90 Å². The normalized spacial score (nSPS) is 15.7. The van der Waals surface area contributed by atoms with Crippen LogP contribution in [0.4, 0.5) is 0 Å². The highest BCUT2D eigenvalue weighted by Crippen LogP contribution is 2.40. The molecule has 1 aliphatic rings. The van der Waals surface area contributed by atoms with E-state index in [1.54, 1.807) is 49.4 Å². The number of aliphatic hydroxyl groups is 1. The van der Waals surface area contributed by atoms with Gasteiger partial charge in [-0.05, 0) is 54.4 Å². The topological polar surface area (TPSA) is 117 Å². The van der Waals surface area contributed by atoms with Gasteiger partial charge in [-0.25, -0.2) is 4.79 Å². The van der Waals surface area contributed by atoms with Gasteiger partial charge in [0.15, 0.2) is 11.5 Å². The Bertz CT molecular complexity index is 1210. The van der Waals surface area contributed by atoms with Crippen LogP contribution in [0.25, 0.3) is 0 Å². The predicted molar refractivity (Wildman–Crippen MR) is 116 cm³/mol. The Balaban J connectivity index is 1.69. The summed E-state index contributed by atoms with van der Waals surface area (Å²) < 4.78 is 10.2. The van der Waals surface area contributed by atoms with E-state index in [1.165, 1.54) is 29.4 Å². The Morgan fingerprint density at radius 3 is 2.33 bits per heavy atom.